The number of nitrogens with zero attached hydrogens (tertiary/aromatic N) is 7. The van der Waals surface area contributed by atoms with E-state index in [4.69, 9.17) is 21.1 Å². The van der Waals surface area contributed by atoms with Crippen LogP contribution in [0.2, 0.25) is 0 Å². The van der Waals surface area contributed by atoms with Crippen LogP contribution in [0.25, 0.3) is 32.9 Å². The normalized spacial score (nSPS) is 23.5. The number of anilines is 3. The molecular weight excluding hydrogens is 836 g/mol. The van der Waals surface area contributed by atoms with Crippen molar-refractivity contribution in [2.24, 2.45) is 11.3 Å². The SMILES string of the molecule is C#Cc1cccc2cc(O)cc(-c3ncc4c(N5CC6CCC(C5)N6)nc(OCC5(CN6CCN(CC7CCN(c8ccc(NC9CCC(=O)NC9=O)cc8)CC7)CC6)CC5)nc4c3F)c12. The molecule has 4 N–H and O–H groups in total. The monoisotopic (exact) mass is 892 g/mol. The summed E-state index contributed by atoms with van der Waals surface area (Å²) in [5, 5.41) is 22.0. The highest BCUT2D eigenvalue weighted by atomic mass is 19.1. The third kappa shape index (κ3) is 8.69. The van der Waals surface area contributed by atoms with Gasteiger partial charge >= 0.3 is 6.01 Å². The van der Waals surface area contributed by atoms with Gasteiger partial charge < -0.3 is 40.1 Å². The maximum Gasteiger partial charge on any atom is 0.319 e. The second-order valence-corrected chi connectivity index (χ2v) is 19.6. The van der Waals surface area contributed by atoms with Crippen LogP contribution in [-0.4, -0.2) is 132 Å². The van der Waals surface area contributed by atoms with Crippen molar-refractivity contribution in [3.63, 3.8) is 0 Å². The fraction of sp³-hybridized carbons (Fsp3) is 0.471. The minimum Gasteiger partial charge on any atom is -0.508 e. The van der Waals surface area contributed by atoms with Crippen LogP contribution in [0.15, 0.2) is 60.8 Å². The van der Waals surface area contributed by atoms with E-state index in [1.54, 1.807) is 12.3 Å². The number of carbonyl (C=O) groups is 2. The van der Waals surface area contributed by atoms with Crippen molar-refractivity contribution >= 4 is 50.7 Å². The molecule has 1 saturated carbocycles. The molecule has 1 aliphatic carbocycles. The van der Waals surface area contributed by atoms with Gasteiger partial charge in [0.25, 0.3) is 0 Å². The number of aromatic hydroxyl groups is 1. The van der Waals surface area contributed by atoms with Crippen LogP contribution >= 0.6 is 0 Å². The number of pyridine rings is 1. The molecule has 3 atom stereocenters. The van der Waals surface area contributed by atoms with E-state index >= 15 is 4.39 Å². The molecule has 5 saturated heterocycles. The lowest BCUT2D eigenvalue weighted by Crippen LogP contribution is -2.51. The molecule has 15 heteroatoms. The molecule has 342 valence electrons. The van der Waals surface area contributed by atoms with Gasteiger partial charge in [-0.25, -0.2) is 4.39 Å². The largest absolute Gasteiger partial charge is 0.508 e. The second kappa shape index (κ2) is 17.6. The Kier molecular flexibility index (Phi) is 11.4. The molecule has 66 heavy (non-hydrogen) atoms. The van der Waals surface area contributed by atoms with Gasteiger partial charge in [-0.05, 0) is 98.7 Å². The molecule has 3 unspecified atom stereocenters. The molecule has 0 spiro atoms. The number of piperidine rings is 2. The zero-order valence-electron chi connectivity index (χ0n) is 37.3. The van der Waals surface area contributed by atoms with Crippen LogP contribution in [0.5, 0.6) is 11.8 Å². The topological polar surface area (TPSA) is 151 Å². The molecule has 2 aromatic heterocycles. The summed E-state index contributed by atoms with van der Waals surface area (Å²) < 4.78 is 23.6. The van der Waals surface area contributed by atoms with Gasteiger partial charge in [0.15, 0.2) is 5.82 Å². The van der Waals surface area contributed by atoms with Crippen molar-refractivity contribution in [2.75, 3.05) is 87.2 Å². The number of benzene rings is 3. The number of piperazine rings is 2. The Morgan fingerprint density at radius 2 is 1.67 bits per heavy atom. The van der Waals surface area contributed by atoms with E-state index in [1.807, 2.05) is 30.3 Å². The Morgan fingerprint density at radius 3 is 2.39 bits per heavy atom. The number of phenols is 1. The molecule has 2 bridgehead atoms. The number of halogens is 1. The second-order valence-electron chi connectivity index (χ2n) is 19.6. The average molecular weight is 893 g/mol. The summed E-state index contributed by atoms with van der Waals surface area (Å²) >= 11 is 0. The minimum absolute atomic E-state index is 0.00566. The Bertz CT molecular complexity index is 2700. The number of ether oxygens (including phenoxy) is 1. The van der Waals surface area contributed by atoms with Crippen LogP contribution in [0.3, 0.4) is 0 Å². The lowest BCUT2D eigenvalue weighted by Gasteiger charge is -2.40. The number of fused-ring (bicyclic) bond motifs is 4. The summed E-state index contributed by atoms with van der Waals surface area (Å²) in [5.74, 6) is 2.96. The zero-order chi connectivity index (χ0) is 44.9. The predicted molar refractivity (Wildman–Crippen MR) is 253 cm³/mol. The Labute approximate surface area is 384 Å². The van der Waals surface area contributed by atoms with Crippen molar-refractivity contribution < 1.29 is 23.8 Å². The predicted octanol–water partition coefficient (Wildman–Crippen LogP) is 5.52. The number of hydrogen-bond donors (Lipinski definition) is 4. The lowest BCUT2D eigenvalue weighted by molar-refractivity contribution is -0.133. The Hall–Kier alpha value is -6.08. The van der Waals surface area contributed by atoms with E-state index < -0.39 is 5.82 Å². The molecular formula is C51H57FN10O4. The highest BCUT2D eigenvalue weighted by molar-refractivity contribution is 6.03. The Balaban J connectivity index is 0.719. The number of imide groups is 1. The molecule has 6 aliphatic rings. The fourth-order valence-corrected chi connectivity index (χ4v) is 11.1. The third-order valence-electron chi connectivity index (χ3n) is 15.0. The van der Waals surface area contributed by atoms with Crippen molar-refractivity contribution in [3.05, 3.63) is 72.2 Å². The first-order chi connectivity index (χ1) is 32.2. The van der Waals surface area contributed by atoms with E-state index in [-0.39, 0.29) is 46.2 Å². The summed E-state index contributed by atoms with van der Waals surface area (Å²) in [4.78, 5) is 48.0. The summed E-state index contributed by atoms with van der Waals surface area (Å²) in [6.07, 6.45) is 15.1. The van der Waals surface area contributed by atoms with Gasteiger partial charge in [0.2, 0.25) is 11.8 Å². The first-order valence-corrected chi connectivity index (χ1v) is 23.8. The number of aromatic nitrogens is 3. The number of phenolic OH excluding ortho intramolecular Hbond substituents is 1. The number of rotatable bonds is 12. The zero-order valence-corrected chi connectivity index (χ0v) is 37.3. The summed E-state index contributed by atoms with van der Waals surface area (Å²) in [5.41, 5.74) is 3.30. The molecule has 7 heterocycles. The summed E-state index contributed by atoms with van der Waals surface area (Å²) in [6, 6.07) is 17.4. The standard InChI is InChI=1S/C51H57FN10O4/c1-2-33-4-3-5-34-24-39(63)25-40(44(33)34)46-45(52)47-41(26-53-46)48(62-28-36-6-7-37(29-62)54-36)58-50(57-47)66-31-51(16-17-51)30-60-22-20-59(21-23-60)27-32-14-18-61(19-15-32)38-10-8-35(9-11-38)55-42-12-13-43(64)56-49(42)65/h1,3-5,8-11,24-26,32,36-37,42,54-55,63H,6-7,12-23,27-31H2,(H,56,64,65). The molecule has 2 amide bonds. The number of terminal acetylenes is 1. The maximum atomic E-state index is 17.1. The number of carbonyl (C=O) groups excluding carboxylic acids is 2. The van der Waals surface area contributed by atoms with Crippen molar-refractivity contribution in [1.82, 2.24) is 35.4 Å². The number of amides is 2. The first-order valence-electron chi connectivity index (χ1n) is 23.8. The average Bonchev–Trinajstić information content (AvgIpc) is 4.02. The third-order valence-corrected chi connectivity index (χ3v) is 15.0. The maximum absolute atomic E-state index is 17.1. The van der Waals surface area contributed by atoms with E-state index in [2.05, 4.69) is 58.6 Å². The van der Waals surface area contributed by atoms with E-state index in [1.165, 1.54) is 11.8 Å². The van der Waals surface area contributed by atoms with Crippen molar-refractivity contribution in [3.8, 4) is 35.4 Å². The van der Waals surface area contributed by atoms with Gasteiger partial charge in [0, 0.05) is 123 Å². The molecule has 6 fully saturated rings. The fourth-order valence-electron chi connectivity index (χ4n) is 11.1. The smallest absolute Gasteiger partial charge is 0.319 e. The molecule has 14 nitrogen and oxygen atoms in total. The van der Waals surface area contributed by atoms with E-state index in [9.17, 15) is 14.7 Å². The van der Waals surface area contributed by atoms with Gasteiger partial charge in [-0.1, -0.05) is 18.1 Å². The lowest BCUT2D eigenvalue weighted by atomic mass is 9.95. The van der Waals surface area contributed by atoms with Crippen LogP contribution in [0.4, 0.5) is 21.6 Å². The summed E-state index contributed by atoms with van der Waals surface area (Å²) in [7, 11) is 0. The van der Waals surface area contributed by atoms with Gasteiger partial charge in [-0.2, -0.15) is 9.97 Å². The van der Waals surface area contributed by atoms with E-state index in [0.717, 1.165) is 110 Å². The van der Waals surface area contributed by atoms with Crippen molar-refractivity contribution in [1.29, 1.82) is 0 Å². The van der Waals surface area contributed by atoms with Crippen LogP contribution in [0.1, 0.15) is 56.9 Å². The van der Waals surface area contributed by atoms with Gasteiger partial charge in [-0.3, -0.25) is 19.9 Å². The Morgan fingerprint density at radius 1 is 0.909 bits per heavy atom. The molecule has 11 rings (SSSR count). The quantitative estimate of drug-likeness (QED) is 0.0921. The summed E-state index contributed by atoms with van der Waals surface area (Å²) in [6.45, 7) is 10.3. The van der Waals surface area contributed by atoms with E-state index in [0.29, 0.717) is 70.6 Å². The van der Waals surface area contributed by atoms with Gasteiger partial charge in [0.05, 0.1) is 12.0 Å². The number of hydrogen-bond acceptors (Lipinski definition) is 13. The highest BCUT2D eigenvalue weighted by Crippen LogP contribution is 2.47. The molecule has 5 aromatic rings. The molecule has 3 aromatic carbocycles. The van der Waals surface area contributed by atoms with Crippen LogP contribution in [0, 0.1) is 29.5 Å². The van der Waals surface area contributed by atoms with Gasteiger partial charge in [0.1, 0.15) is 28.8 Å². The number of nitrogens with one attached hydrogen (secondary N) is 3. The van der Waals surface area contributed by atoms with Gasteiger partial charge in [-0.15, -0.1) is 6.42 Å². The highest BCUT2D eigenvalue weighted by Gasteiger charge is 2.45. The first kappa shape index (κ1) is 42.5. The molecule has 5 aliphatic heterocycles. The minimum atomic E-state index is -0.602. The van der Waals surface area contributed by atoms with Crippen LogP contribution < -0.4 is 30.5 Å². The van der Waals surface area contributed by atoms with Crippen molar-refractivity contribution in [2.45, 2.75) is 69.5 Å². The molecule has 0 radical (unpaired) electrons. The van der Waals surface area contributed by atoms with Crippen LogP contribution in [-0.2, 0) is 9.59 Å².